The number of carbonyl (C=O) groups is 1. The van der Waals surface area contributed by atoms with Gasteiger partial charge in [0.2, 0.25) is 0 Å². The van der Waals surface area contributed by atoms with Crippen molar-refractivity contribution in [3.8, 4) is 0 Å². The normalized spacial score (nSPS) is 28.1. The maximum atomic E-state index is 10.3. The maximum absolute atomic E-state index is 10.3. The molecule has 2 atom stereocenters. The Morgan fingerprint density at radius 1 is 1.57 bits per heavy atom. The molecule has 1 aliphatic rings. The van der Waals surface area contributed by atoms with Crippen LogP contribution in [0.5, 0.6) is 0 Å². The number of aliphatic carboxylic acids is 1. The van der Waals surface area contributed by atoms with Gasteiger partial charge in [-0.1, -0.05) is 0 Å². The minimum absolute atomic E-state index is 0.117. The monoisotopic (exact) mass is 203 g/mol. The van der Waals surface area contributed by atoms with Crippen LogP contribution in [0.2, 0.25) is 0 Å². The van der Waals surface area contributed by atoms with Crippen molar-refractivity contribution in [2.24, 2.45) is 0 Å². The molecule has 0 aromatic carbocycles. The first kappa shape index (κ1) is 11.4. The Morgan fingerprint density at radius 2 is 2.29 bits per heavy atom. The van der Waals surface area contributed by atoms with Gasteiger partial charge in [-0.25, -0.2) is 0 Å². The molecule has 0 saturated carbocycles. The number of β-amino-alcohol motifs (C(OH)–C–C–N with tert-alkyl or cyclic N) is 1. The van der Waals surface area contributed by atoms with Crippen LogP contribution in [0, 0.1) is 0 Å². The summed E-state index contributed by atoms with van der Waals surface area (Å²) in [6, 6.07) is 0. The summed E-state index contributed by atoms with van der Waals surface area (Å²) in [4.78, 5) is 12.2. The smallest absolute Gasteiger partial charge is 0.304 e. The number of rotatable bonds is 5. The Balaban J connectivity index is 2.27. The van der Waals surface area contributed by atoms with Crippen LogP contribution in [-0.2, 0) is 9.53 Å². The lowest BCUT2D eigenvalue weighted by Crippen LogP contribution is -2.27. The van der Waals surface area contributed by atoms with Crippen molar-refractivity contribution in [2.45, 2.75) is 25.6 Å². The SMILES string of the molecule is CCOC1CN(CCC(=O)O)CC1O. The number of ether oxygens (including phenoxy) is 1. The molecular weight excluding hydrogens is 186 g/mol. The van der Waals surface area contributed by atoms with Gasteiger partial charge >= 0.3 is 5.97 Å². The van der Waals surface area contributed by atoms with Gasteiger partial charge in [0.15, 0.2) is 0 Å². The summed E-state index contributed by atoms with van der Waals surface area (Å²) in [5.74, 6) is -0.806. The molecule has 0 aliphatic carbocycles. The van der Waals surface area contributed by atoms with Gasteiger partial charge in [-0.3, -0.25) is 9.69 Å². The Kier molecular flexibility index (Phi) is 4.31. The van der Waals surface area contributed by atoms with E-state index in [0.717, 1.165) is 0 Å². The van der Waals surface area contributed by atoms with Crippen LogP contribution < -0.4 is 0 Å². The highest BCUT2D eigenvalue weighted by atomic mass is 16.5. The molecule has 0 aromatic heterocycles. The van der Waals surface area contributed by atoms with E-state index < -0.39 is 12.1 Å². The fourth-order valence-electron chi connectivity index (χ4n) is 1.65. The first-order valence-electron chi connectivity index (χ1n) is 4.87. The van der Waals surface area contributed by atoms with Crippen LogP contribution in [0.25, 0.3) is 0 Å². The van der Waals surface area contributed by atoms with Gasteiger partial charge in [-0.15, -0.1) is 0 Å². The Morgan fingerprint density at radius 3 is 2.86 bits per heavy atom. The molecule has 1 aliphatic heterocycles. The van der Waals surface area contributed by atoms with Gasteiger partial charge in [-0.05, 0) is 6.92 Å². The van der Waals surface area contributed by atoms with Crippen molar-refractivity contribution < 1.29 is 19.7 Å². The van der Waals surface area contributed by atoms with E-state index in [2.05, 4.69) is 0 Å². The maximum Gasteiger partial charge on any atom is 0.304 e. The molecule has 2 N–H and O–H groups in total. The van der Waals surface area contributed by atoms with E-state index in [1.165, 1.54) is 0 Å². The van der Waals surface area contributed by atoms with Crippen LogP contribution in [0.15, 0.2) is 0 Å². The lowest BCUT2D eigenvalue weighted by Gasteiger charge is -2.13. The molecule has 0 bridgehead atoms. The Labute approximate surface area is 83.3 Å². The van der Waals surface area contributed by atoms with E-state index in [1.54, 1.807) is 0 Å². The van der Waals surface area contributed by atoms with Gasteiger partial charge in [0.25, 0.3) is 0 Å². The number of likely N-dealkylation sites (tertiary alicyclic amines) is 1. The average molecular weight is 203 g/mol. The number of carboxylic acids is 1. The molecule has 2 unspecified atom stereocenters. The summed E-state index contributed by atoms with van der Waals surface area (Å²) < 4.78 is 5.31. The van der Waals surface area contributed by atoms with Gasteiger partial charge in [0, 0.05) is 26.2 Å². The molecule has 1 saturated heterocycles. The number of hydrogen-bond donors (Lipinski definition) is 2. The molecule has 82 valence electrons. The van der Waals surface area contributed by atoms with E-state index in [0.29, 0.717) is 26.2 Å². The molecule has 1 rings (SSSR count). The second kappa shape index (κ2) is 5.29. The predicted molar refractivity (Wildman–Crippen MR) is 50.1 cm³/mol. The average Bonchev–Trinajstić information content (AvgIpc) is 2.45. The molecule has 0 radical (unpaired) electrons. The number of aliphatic hydroxyl groups is 1. The summed E-state index contributed by atoms with van der Waals surface area (Å²) in [5, 5.41) is 18.0. The zero-order valence-electron chi connectivity index (χ0n) is 8.35. The highest BCUT2D eigenvalue weighted by molar-refractivity contribution is 5.66. The van der Waals surface area contributed by atoms with Crippen LogP contribution in [0.4, 0.5) is 0 Å². The summed E-state index contributed by atoms with van der Waals surface area (Å²) in [5.41, 5.74) is 0. The lowest BCUT2D eigenvalue weighted by atomic mass is 10.3. The van der Waals surface area contributed by atoms with Crippen LogP contribution in [0.3, 0.4) is 0 Å². The number of nitrogens with zero attached hydrogens (tertiary/aromatic N) is 1. The molecular formula is C9H17NO4. The van der Waals surface area contributed by atoms with Gasteiger partial charge in [-0.2, -0.15) is 0 Å². The van der Waals surface area contributed by atoms with Gasteiger partial charge < -0.3 is 14.9 Å². The molecule has 0 spiro atoms. The van der Waals surface area contributed by atoms with E-state index in [1.807, 2.05) is 11.8 Å². The first-order valence-corrected chi connectivity index (χ1v) is 4.87. The third kappa shape index (κ3) is 3.25. The lowest BCUT2D eigenvalue weighted by molar-refractivity contribution is -0.137. The van der Waals surface area contributed by atoms with Crippen molar-refractivity contribution in [1.82, 2.24) is 4.90 Å². The number of carboxylic acid groups (broad SMARTS) is 1. The quantitative estimate of drug-likeness (QED) is 0.633. The summed E-state index contributed by atoms with van der Waals surface area (Å²) in [6.45, 7) is 4.08. The minimum Gasteiger partial charge on any atom is -0.481 e. The van der Waals surface area contributed by atoms with Crippen LogP contribution in [0.1, 0.15) is 13.3 Å². The minimum atomic E-state index is -0.806. The summed E-state index contributed by atoms with van der Waals surface area (Å²) >= 11 is 0. The van der Waals surface area contributed by atoms with Crippen molar-refractivity contribution in [3.05, 3.63) is 0 Å². The van der Waals surface area contributed by atoms with Crippen molar-refractivity contribution in [1.29, 1.82) is 0 Å². The molecule has 1 fully saturated rings. The first-order chi connectivity index (χ1) is 6.63. The van der Waals surface area contributed by atoms with E-state index in [9.17, 15) is 9.90 Å². The topological polar surface area (TPSA) is 70.0 Å². The highest BCUT2D eigenvalue weighted by Crippen LogP contribution is 2.13. The van der Waals surface area contributed by atoms with Crippen LogP contribution >= 0.6 is 0 Å². The molecule has 0 aromatic rings. The van der Waals surface area contributed by atoms with Crippen LogP contribution in [-0.4, -0.2) is 59.5 Å². The number of aliphatic hydroxyl groups excluding tert-OH is 1. The molecule has 1 heterocycles. The van der Waals surface area contributed by atoms with Gasteiger partial charge in [0.1, 0.15) is 0 Å². The van der Waals surface area contributed by atoms with Crippen molar-refractivity contribution >= 4 is 5.97 Å². The summed E-state index contributed by atoms with van der Waals surface area (Å²) in [7, 11) is 0. The third-order valence-electron chi connectivity index (χ3n) is 2.34. The second-order valence-corrected chi connectivity index (χ2v) is 3.46. The van der Waals surface area contributed by atoms with Crippen molar-refractivity contribution in [3.63, 3.8) is 0 Å². The van der Waals surface area contributed by atoms with Gasteiger partial charge in [0.05, 0.1) is 18.6 Å². The fraction of sp³-hybridized carbons (Fsp3) is 0.889. The molecule has 0 amide bonds. The molecule has 5 nitrogen and oxygen atoms in total. The fourth-order valence-corrected chi connectivity index (χ4v) is 1.65. The molecule has 5 heteroatoms. The van der Waals surface area contributed by atoms with E-state index >= 15 is 0 Å². The molecule has 14 heavy (non-hydrogen) atoms. The van der Waals surface area contributed by atoms with Crippen molar-refractivity contribution in [2.75, 3.05) is 26.2 Å². The number of hydrogen-bond acceptors (Lipinski definition) is 4. The largest absolute Gasteiger partial charge is 0.481 e. The zero-order valence-corrected chi connectivity index (χ0v) is 8.35. The predicted octanol–water partition coefficient (Wildman–Crippen LogP) is -0.457. The third-order valence-corrected chi connectivity index (χ3v) is 2.34. The summed E-state index contributed by atoms with van der Waals surface area (Å²) in [6.07, 6.45) is -0.525. The van der Waals surface area contributed by atoms with E-state index in [4.69, 9.17) is 9.84 Å². The Hall–Kier alpha value is -0.650. The second-order valence-electron chi connectivity index (χ2n) is 3.46. The Bertz CT molecular complexity index is 197. The standard InChI is InChI=1S/C9H17NO4/c1-2-14-8-6-10(5-7(8)11)4-3-9(12)13/h7-8,11H,2-6H2,1H3,(H,12,13). The van der Waals surface area contributed by atoms with E-state index in [-0.39, 0.29) is 12.5 Å². The highest BCUT2D eigenvalue weighted by Gasteiger charge is 2.31. The zero-order chi connectivity index (χ0) is 10.6.